The molecule has 0 aliphatic rings. The molecule has 5 heteroatoms. The molecule has 1 amide bonds. The number of primary amides is 1. The summed E-state index contributed by atoms with van der Waals surface area (Å²) < 4.78 is 1.16. The maximum Gasteiger partial charge on any atom is 0.234 e. The average molecular weight is 277 g/mol. The van der Waals surface area contributed by atoms with E-state index in [1.807, 2.05) is 39.0 Å². The first-order valence-electron chi connectivity index (χ1n) is 6.40. The van der Waals surface area contributed by atoms with Crippen molar-refractivity contribution in [2.75, 3.05) is 0 Å². The molecule has 0 aliphatic carbocycles. The molecule has 102 valence electrons. The molecule has 2 aromatic rings. The quantitative estimate of drug-likeness (QED) is 0.882. The Kier molecular flexibility index (Phi) is 4.17. The van der Waals surface area contributed by atoms with Gasteiger partial charge in [0, 0.05) is 0 Å². The average Bonchev–Trinajstić information content (AvgIpc) is 2.78. The summed E-state index contributed by atoms with van der Waals surface area (Å²) >= 11 is 1.65. The van der Waals surface area contributed by atoms with E-state index in [2.05, 4.69) is 16.4 Å². The van der Waals surface area contributed by atoms with Crippen LogP contribution in [-0.4, -0.2) is 16.9 Å². The van der Waals surface area contributed by atoms with Crippen molar-refractivity contribution in [3.8, 4) is 0 Å². The van der Waals surface area contributed by atoms with E-state index < -0.39 is 0 Å². The van der Waals surface area contributed by atoms with Gasteiger partial charge in [-0.25, -0.2) is 4.98 Å². The number of aromatic nitrogens is 1. The Morgan fingerprint density at radius 2 is 2.00 bits per heavy atom. The van der Waals surface area contributed by atoms with Gasteiger partial charge in [-0.2, -0.15) is 0 Å². The number of nitrogens with one attached hydrogen (secondary N) is 1. The minimum Gasteiger partial charge on any atom is -0.368 e. The van der Waals surface area contributed by atoms with Crippen molar-refractivity contribution in [1.82, 2.24) is 10.3 Å². The molecule has 0 radical (unpaired) electrons. The number of carbonyl (C=O) groups excluding carboxylic acids is 1. The monoisotopic (exact) mass is 277 g/mol. The number of nitrogens with two attached hydrogens (primary N) is 1. The standard InChI is InChI=1S/C14H19N3OS/c1-8(2)12(13(15)18)16-9(3)14-17-10-6-4-5-7-11(10)19-14/h4-9,12,16H,1-3H3,(H2,15,18). The van der Waals surface area contributed by atoms with Gasteiger partial charge in [0.2, 0.25) is 5.91 Å². The second-order valence-corrected chi connectivity index (χ2v) is 6.09. The predicted octanol–water partition coefficient (Wildman–Crippen LogP) is 2.46. The third kappa shape index (κ3) is 3.11. The van der Waals surface area contributed by atoms with Crippen molar-refractivity contribution in [2.45, 2.75) is 32.9 Å². The van der Waals surface area contributed by atoms with Crippen LogP contribution in [0.3, 0.4) is 0 Å². The number of para-hydroxylation sites is 1. The van der Waals surface area contributed by atoms with Crippen LogP contribution in [0.1, 0.15) is 31.8 Å². The van der Waals surface area contributed by atoms with E-state index >= 15 is 0 Å². The van der Waals surface area contributed by atoms with Gasteiger partial charge >= 0.3 is 0 Å². The highest BCUT2D eigenvalue weighted by Crippen LogP contribution is 2.26. The van der Waals surface area contributed by atoms with E-state index in [1.165, 1.54) is 0 Å². The molecular weight excluding hydrogens is 258 g/mol. The minimum absolute atomic E-state index is 0.0114. The number of fused-ring (bicyclic) bond motifs is 1. The fourth-order valence-corrected chi connectivity index (χ4v) is 3.00. The van der Waals surface area contributed by atoms with Crippen molar-refractivity contribution < 1.29 is 4.79 Å². The van der Waals surface area contributed by atoms with Gasteiger partial charge < -0.3 is 5.73 Å². The van der Waals surface area contributed by atoms with E-state index in [0.29, 0.717) is 0 Å². The van der Waals surface area contributed by atoms with Gasteiger partial charge in [0.25, 0.3) is 0 Å². The van der Waals surface area contributed by atoms with Gasteiger partial charge in [-0.3, -0.25) is 10.1 Å². The summed E-state index contributed by atoms with van der Waals surface area (Å²) in [4.78, 5) is 16.0. The number of rotatable bonds is 5. The highest BCUT2D eigenvalue weighted by molar-refractivity contribution is 7.18. The van der Waals surface area contributed by atoms with Crippen molar-refractivity contribution in [3.05, 3.63) is 29.3 Å². The molecule has 2 rings (SSSR count). The highest BCUT2D eigenvalue weighted by atomic mass is 32.1. The minimum atomic E-state index is -0.331. The van der Waals surface area contributed by atoms with Crippen molar-refractivity contribution in [1.29, 1.82) is 0 Å². The van der Waals surface area contributed by atoms with Gasteiger partial charge in [0.05, 0.1) is 22.3 Å². The molecule has 0 saturated heterocycles. The second-order valence-electron chi connectivity index (χ2n) is 5.03. The zero-order chi connectivity index (χ0) is 14.0. The van der Waals surface area contributed by atoms with E-state index in [-0.39, 0.29) is 23.9 Å². The first-order chi connectivity index (χ1) is 8.99. The summed E-state index contributed by atoms with van der Waals surface area (Å²) in [7, 11) is 0. The van der Waals surface area contributed by atoms with E-state index in [4.69, 9.17) is 5.73 Å². The molecule has 1 heterocycles. The van der Waals surface area contributed by atoms with Crippen LogP contribution in [0.15, 0.2) is 24.3 Å². The van der Waals surface area contributed by atoms with Crippen molar-refractivity contribution >= 4 is 27.5 Å². The van der Waals surface area contributed by atoms with Crippen LogP contribution in [-0.2, 0) is 4.79 Å². The number of hydrogen-bond acceptors (Lipinski definition) is 4. The van der Waals surface area contributed by atoms with E-state index in [1.54, 1.807) is 11.3 Å². The largest absolute Gasteiger partial charge is 0.368 e. The third-order valence-corrected chi connectivity index (χ3v) is 4.30. The van der Waals surface area contributed by atoms with E-state index in [0.717, 1.165) is 15.2 Å². The number of nitrogens with zero attached hydrogens (tertiary/aromatic N) is 1. The van der Waals surface area contributed by atoms with Crippen LogP contribution in [0.25, 0.3) is 10.2 Å². The number of benzene rings is 1. The molecule has 0 fully saturated rings. The van der Waals surface area contributed by atoms with Gasteiger partial charge in [0.15, 0.2) is 0 Å². The summed E-state index contributed by atoms with van der Waals surface area (Å²) in [5.41, 5.74) is 6.42. The van der Waals surface area contributed by atoms with Crippen LogP contribution >= 0.6 is 11.3 Å². The lowest BCUT2D eigenvalue weighted by atomic mass is 10.0. The molecular formula is C14H19N3OS. The van der Waals surface area contributed by atoms with Crippen LogP contribution in [0.4, 0.5) is 0 Å². The maximum absolute atomic E-state index is 11.4. The highest BCUT2D eigenvalue weighted by Gasteiger charge is 2.23. The molecule has 2 unspecified atom stereocenters. The Bertz CT molecular complexity index is 546. The lowest BCUT2D eigenvalue weighted by Crippen LogP contribution is -2.45. The van der Waals surface area contributed by atoms with Crippen LogP contribution in [0.5, 0.6) is 0 Å². The molecule has 4 nitrogen and oxygen atoms in total. The molecule has 3 N–H and O–H groups in total. The first-order valence-corrected chi connectivity index (χ1v) is 7.21. The molecule has 0 saturated carbocycles. The molecule has 0 aliphatic heterocycles. The van der Waals surface area contributed by atoms with Gasteiger partial charge in [-0.1, -0.05) is 26.0 Å². The van der Waals surface area contributed by atoms with Gasteiger partial charge in [-0.05, 0) is 25.0 Å². The Morgan fingerprint density at radius 3 is 2.58 bits per heavy atom. The lowest BCUT2D eigenvalue weighted by Gasteiger charge is -2.22. The predicted molar refractivity (Wildman–Crippen MR) is 79.0 cm³/mol. The fraction of sp³-hybridized carbons (Fsp3) is 0.429. The van der Waals surface area contributed by atoms with Crippen LogP contribution in [0, 0.1) is 5.92 Å². The summed E-state index contributed by atoms with van der Waals surface area (Å²) in [5, 5.41) is 4.25. The molecule has 0 bridgehead atoms. The van der Waals surface area contributed by atoms with Crippen molar-refractivity contribution in [3.63, 3.8) is 0 Å². The zero-order valence-electron chi connectivity index (χ0n) is 11.4. The van der Waals surface area contributed by atoms with E-state index in [9.17, 15) is 4.79 Å². The SMILES string of the molecule is CC(NC(C(N)=O)C(C)C)c1nc2ccccc2s1. The first kappa shape index (κ1) is 14.0. The fourth-order valence-electron chi connectivity index (χ4n) is 2.02. The lowest BCUT2D eigenvalue weighted by molar-refractivity contribution is -0.121. The van der Waals surface area contributed by atoms with Crippen molar-refractivity contribution in [2.24, 2.45) is 11.7 Å². The second kappa shape index (κ2) is 5.67. The molecule has 2 atom stereocenters. The summed E-state index contributed by atoms with van der Waals surface area (Å²) in [6.45, 7) is 5.97. The molecule has 1 aromatic heterocycles. The molecule has 1 aromatic carbocycles. The summed E-state index contributed by atoms with van der Waals surface area (Å²) in [6.07, 6.45) is 0. The summed E-state index contributed by atoms with van der Waals surface area (Å²) in [6, 6.07) is 7.71. The third-order valence-electron chi connectivity index (χ3n) is 3.08. The molecule has 19 heavy (non-hydrogen) atoms. The Morgan fingerprint density at radius 1 is 1.32 bits per heavy atom. The smallest absolute Gasteiger partial charge is 0.234 e. The Labute approximate surface area is 117 Å². The van der Waals surface area contributed by atoms with Crippen LogP contribution < -0.4 is 11.1 Å². The number of carbonyl (C=O) groups is 1. The topological polar surface area (TPSA) is 68.0 Å². The van der Waals surface area contributed by atoms with Gasteiger partial charge in [0.1, 0.15) is 5.01 Å². The number of thiazole rings is 1. The summed E-state index contributed by atoms with van der Waals surface area (Å²) in [5.74, 6) is -0.155. The number of amides is 1. The Hall–Kier alpha value is -1.46. The maximum atomic E-state index is 11.4. The zero-order valence-corrected chi connectivity index (χ0v) is 12.2. The van der Waals surface area contributed by atoms with Gasteiger partial charge in [-0.15, -0.1) is 11.3 Å². The molecule has 0 spiro atoms. The normalized spacial score (nSPS) is 14.7. The number of hydrogen-bond donors (Lipinski definition) is 2. The Balaban J connectivity index is 2.19. The van der Waals surface area contributed by atoms with Crippen LogP contribution in [0.2, 0.25) is 0 Å².